The molecule has 4 heteroatoms. The molecule has 0 amide bonds. The van der Waals surface area contributed by atoms with Crippen molar-refractivity contribution in [2.24, 2.45) is 17.6 Å². The van der Waals surface area contributed by atoms with E-state index in [9.17, 15) is 10.1 Å². The van der Waals surface area contributed by atoms with Gasteiger partial charge >= 0.3 is 0 Å². The average Bonchev–Trinajstić information content (AvgIpc) is 2.34. The van der Waals surface area contributed by atoms with Crippen LogP contribution in [0.2, 0.25) is 0 Å². The number of hydrogen-bond acceptors (Lipinski definition) is 3. The van der Waals surface area contributed by atoms with Crippen LogP contribution in [-0.4, -0.2) is 11.0 Å². The third-order valence-corrected chi connectivity index (χ3v) is 3.97. The van der Waals surface area contributed by atoms with E-state index >= 15 is 0 Å². The lowest BCUT2D eigenvalue weighted by atomic mass is 9.76. The van der Waals surface area contributed by atoms with Crippen LogP contribution >= 0.6 is 0 Å². The van der Waals surface area contributed by atoms with E-state index in [1.54, 1.807) is 12.1 Å². The molecule has 1 fully saturated rings. The zero-order valence-corrected chi connectivity index (χ0v) is 10.7. The number of nitro benzene ring substituents is 1. The highest BCUT2D eigenvalue weighted by molar-refractivity contribution is 5.40. The molecule has 1 saturated carbocycles. The summed E-state index contributed by atoms with van der Waals surface area (Å²) in [5.41, 5.74) is 7.19. The van der Waals surface area contributed by atoms with Gasteiger partial charge in [0.25, 0.3) is 5.69 Å². The molecule has 0 aromatic heterocycles. The van der Waals surface area contributed by atoms with Crippen molar-refractivity contribution in [3.63, 3.8) is 0 Å². The topological polar surface area (TPSA) is 69.2 Å². The van der Waals surface area contributed by atoms with Crippen LogP contribution in [0.4, 0.5) is 5.69 Å². The Labute approximate surface area is 107 Å². The second-order valence-electron chi connectivity index (χ2n) is 5.43. The molecule has 0 saturated heterocycles. The minimum atomic E-state index is -0.298. The van der Waals surface area contributed by atoms with Crippen molar-refractivity contribution in [2.45, 2.75) is 38.6 Å². The number of rotatable bonds is 3. The molecule has 3 atom stereocenters. The first kappa shape index (κ1) is 13.0. The van der Waals surface area contributed by atoms with Gasteiger partial charge in [-0.3, -0.25) is 10.1 Å². The first-order valence-electron chi connectivity index (χ1n) is 6.55. The van der Waals surface area contributed by atoms with Crippen molar-refractivity contribution in [1.29, 1.82) is 0 Å². The lowest BCUT2D eigenvalue weighted by Gasteiger charge is -2.32. The molecule has 1 aromatic rings. The number of hydrogen-bond donors (Lipinski definition) is 1. The van der Waals surface area contributed by atoms with E-state index in [0.29, 0.717) is 11.8 Å². The predicted molar refractivity (Wildman–Crippen MR) is 71.3 cm³/mol. The molecule has 98 valence electrons. The molecule has 2 N–H and O–H groups in total. The lowest BCUT2D eigenvalue weighted by molar-refractivity contribution is -0.385. The van der Waals surface area contributed by atoms with Crippen molar-refractivity contribution >= 4 is 5.69 Å². The van der Waals surface area contributed by atoms with Gasteiger partial charge in [-0.15, -0.1) is 0 Å². The minimum absolute atomic E-state index is 0.181. The van der Waals surface area contributed by atoms with Gasteiger partial charge in [-0.25, -0.2) is 0 Å². The summed E-state index contributed by atoms with van der Waals surface area (Å²) in [6.07, 6.45) is 4.01. The van der Waals surface area contributed by atoms with Crippen LogP contribution in [0.1, 0.15) is 31.7 Å². The van der Waals surface area contributed by atoms with Crippen LogP contribution in [-0.2, 0) is 6.42 Å². The molecule has 1 aliphatic carbocycles. The summed E-state index contributed by atoms with van der Waals surface area (Å²) >= 11 is 0. The molecular formula is C14H20N2O2. The number of benzene rings is 1. The maximum absolute atomic E-state index is 11.0. The zero-order valence-electron chi connectivity index (χ0n) is 10.7. The van der Waals surface area contributed by atoms with Gasteiger partial charge in [0.15, 0.2) is 0 Å². The number of nitrogens with two attached hydrogens (primary N) is 1. The predicted octanol–water partition coefficient (Wildman–Crippen LogP) is 2.90. The first-order chi connectivity index (χ1) is 8.58. The van der Waals surface area contributed by atoms with Gasteiger partial charge in [0.1, 0.15) is 0 Å². The van der Waals surface area contributed by atoms with Crippen molar-refractivity contribution in [3.05, 3.63) is 39.9 Å². The normalized spacial score (nSPS) is 28.0. The number of nitro groups is 1. The SMILES string of the molecule is CC1CCC(N)C(Cc2ccccc2[N+](=O)[O-])C1. The average molecular weight is 248 g/mol. The third-order valence-electron chi connectivity index (χ3n) is 3.97. The van der Waals surface area contributed by atoms with Crippen LogP contribution < -0.4 is 5.73 Å². The van der Waals surface area contributed by atoms with E-state index < -0.39 is 0 Å². The van der Waals surface area contributed by atoms with Crippen molar-refractivity contribution < 1.29 is 4.92 Å². The van der Waals surface area contributed by atoms with Crippen molar-refractivity contribution in [3.8, 4) is 0 Å². The Balaban J connectivity index is 2.15. The minimum Gasteiger partial charge on any atom is -0.327 e. The molecule has 4 nitrogen and oxygen atoms in total. The second kappa shape index (κ2) is 5.48. The smallest absolute Gasteiger partial charge is 0.272 e. The number of nitrogens with zero attached hydrogens (tertiary/aromatic N) is 1. The molecule has 0 radical (unpaired) electrons. The Morgan fingerprint density at radius 3 is 2.83 bits per heavy atom. The molecule has 0 heterocycles. The third kappa shape index (κ3) is 2.88. The number of para-hydroxylation sites is 1. The van der Waals surface area contributed by atoms with E-state index in [4.69, 9.17) is 5.73 Å². The van der Waals surface area contributed by atoms with Crippen molar-refractivity contribution in [2.75, 3.05) is 0 Å². The van der Waals surface area contributed by atoms with E-state index in [0.717, 1.165) is 24.8 Å². The monoisotopic (exact) mass is 248 g/mol. The summed E-state index contributed by atoms with van der Waals surface area (Å²) in [7, 11) is 0. The van der Waals surface area contributed by atoms with Gasteiger partial charge < -0.3 is 5.73 Å². The zero-order chi connectivity index (χ0) is 13.1. The second-order valence-corrected chi connectivity index (χ2v) is 5.43. The summed E-state index contributed by atoms with van der Waals surface area (Å²) in [6, 6.07) is 7.18. The fourth-order valence-electron chi connectivity index (χ4n) is 2.90. The maximum atomic E-state index is 11.0. The maximum Gasteiger partial charge on any atom is 0.272 e. The Morgan fingerprint density at radius 1 is 1.39 bits per heavy atom. The van der Waals surface area contributed by atoms with Gasteiger partial charge in [0.2, 0.25) is 0 Å². The highest BCUT2D eigenvalue weighted by Crippen LogP contribution is 2.32. The van der Waals surface area contributed by atoms with E-state index in [1.165, 1.54) is 6.42 Å². The van der Waals surface area contributed by atoms with Gasteiger partial charge in [0.05, 0.1) is 4.92 Å². The highest BCUT2D eigenvalue weighted by atomic mass is 16.6. The fourth-order valence-corrected chi connectivity index (χ4v) is 2.90. The standard InChI is InChI=1S/C14H20N2O2/c1-10-6-7-13(15)12(8-10)9-11-4-2-3-5-14(11)16(17)18/h2-5,10,12-13H,6-9,15H2,1H3. The molecule has 1 aromatic carbocycles. The molecule has 18 heavy (non-hydrogen) atoms. The van der Waals surface area contributed by atoms with Gasteiger partial charge in [-0.2, -0.15) is 0 Å². The van der Waals surface area contributed by atoms with Gasteiger partial charge in [-0.1, -0.05) is 25.1 Å². The Bertz CT molecular complexity index is 434. The summed E-state index contributed by atoms with van der Waals surface area (Å²) in [6.45, 7) is 2.23. The molecule has 3 unspecified atom stereocenters. The summed E-state index contributed by atoms with van der Waals surface area (Å²) in [4.78, 5) is 10.7. The molecule has 2 rings (SSSR count). The van der Waals surface area contributed by atoms with E-state index in [2.05, 4.69) is 6.92 Å². The Morgan fingerprint density at radius 2 is 2.11 bits per heavy atom. The van der Waals surface area contributed by atoms with Gasteiger partial charge in [0, 0.05) is 17.7 Å². The van der Waals surface area contributed by atoms with E-state index in [-0.39, 0.29) is 16.7 Å². The first-order valence-corrected chi connectivity index (χ1v) is 6.55. The van der Waals surface area contributed by atoms with E-state index in [1.807, 2.05) is 12.1 Å². The summed E-state index contributed by atoms with van der Waals surface area (Å²) in [5, 5.41) is 11.0. The Hall–Kier alpha value is -1.42. The fraction of sp³-hybridized carbons (Fsp3) is 0.571. The molecule has 1 aliphatic rings. The quantitative estimate of drug-likeness (QED) is 0.660. The molecular weight excluding hydrogens is 228 g/mol. The molecule has 0 aliphatic heterocycles. The van der Waals surface area contributed by atoms with Gasteiger partial charge in [-0.05, 0) is 37.5 Å². The van der Waals surface area contributed by atoms with Crippen LogP contribution in [0.3, 0.4) is 0 Å². The van der Waals surface area contributed by atoms with Crippen LogP contribution in [0.5, 0.6) is 0 Å². The van der Waals surface area contributed by atoms with Crippen LogP contribution in [0, 0.1) is 22.0 Å². The van der Waals surface area contributed by atoms with Crippen LogP contribution in [0.15, 0.2) is 24.3 Å². The summed E-state index contributed by atoms with van der Waals surface area (Å²) in [5.74, 6) is 1.05. The largest absolute Gasteiger partial charge is 0.327 e. The van der Waals surface area contributed by atoms with Crippen LogP contribution in [0.25, 0.3) is 0 Å². The Kier molecular flexibility index (Phi) is 3.97. The molecule has 0 spiro atoms. The highest BCUT2D eigenvalue weighted by Gasteiger charge is 2.27. The van der Waals surface area contributed by atoms with Crippen molar-refractivity contribution in [1.82, 2.24) is 0 Å². The lowest BCUT2D eigenvalue weighted by Crippen LogP contribution is -2.36. The summed E-state index contributed by atoms with van der Waals surface area (Å²) < 4.78 is 0. The molecule has 0 bridgehead atoms.